The van der Waals surface area contributed by atoms with Crippen LogP contribution in [-0.2, 0) is 13.2 Å². The normalized spacial score (nSPS) is 12.6. The van der Waals surface area contributed by atoms with Gasteiger partial charge in [0, 0.05) is 18.0 Å². The number of aliphatic hydroxyl groups excluding tert-OH is 1. The fraction of sp³-hybridized carbons (Fsp3) is 0.308. The zero-order valence-electron chi connectivity index (χ0n) is 9.76. The van der Waals surface area contributed by atoms with E-state index in [9.17, 15) is 0 Å². The zero-order valence-corrected chi connectivity index (χ0v) is 10.6. The van der Waals surface area contributed by atoms with Gasteiger partial charge in [0.15, 0.2) is 0 Å². The van der Waals surface area contributed by atoms with Crippen LogP contribution in [0.25, 0.3) is 0 Å². The summed E-state index contributed by atoms with van der Waals surface area (Å²) in [6, 6.07) is 8.23. The number of aromatic nitrogens is 1. The molecule has 4 heteroatoms. The van der Waals surface area contributed by atoms with Crippen molar-refractivity contribution in [1.82, 2.24) is 10.3 Å². The van der Waals surface area contributed by atoms with E-state index >= 15 is 0 Å². The molecule has 1 heterocycles. The van der Waals surface area contributed by atoms with Crippen molar-refractivity contribution in [2.24, 2.45) is 0 Å². The molecule has 1 unspecified atom stereocenters. The Kier molecular flexibility index (Phi) is 4.25. The number of hydrogen-bond donors (Lipinski definition) is 2. The fourth-order valence-electron chi connectivity index (χ4n) is 1.57. The Bertz CT molecular complexity index is 439. The molecule has 0 saturated carbocycles. The average molecular weight is 248 g/mol. The summed E-state index contributed by atoms with van der Waals surface area (Å²) in [5, 5.41) is 14.4. The van der Waals surface area contributed by atoms with Gasteiger partial charge >= 0.3 is 0 Å². The van der Waals surface area contributed by atoms with Gasteiger partial charge in [-0.2, -0.15) is 0 Å². The van der Waals surface area contributed by atoms with E-state index in [4.69, 9.17) is 5.11 Å². The SMILES string of the molecule is CC(NCc1ccc(CO)cc1)c1cscn1. The lowest BCUT2D eigenvalue weighted by molar-refractivity contribution is 0.282. The van der Waals surface area contributed by atoms with E-state index in [1.54, 1.807) is 11.3 Å². The second-order valence-electron chi connectivity index (χ2n) is 3.99. The van der Waals surface area contributed by atoms with Crippen molar-refractivity contribution < 1.29 is 5.11 Å². The van der Waals surface area contributed by atoms with E-state index in [0.717, 1.165) is 17.8 Å². The first kappa shape index (κ1) is 12.2. The maximum atomic E-state index is 8.95. The lowest BCUT2D eigenvalue weighted by atomic mass is 10.1. The summed E-state index contributed by atoms with van der Waals surface area (Å²) in [5.41, 5.74) is 5.09. The Labute approximate surface area is 105 Å². The zero-order chi connectivity index (χ0) is 12.1. The molecule has 2 aromatic rings. The Morgan fingerprint density at radius 3 is 2.59 bits per heavy atom. The molecule has 3 nitrogen and oxygen atoms in total. The lowest BCUT2D eigenvalue weighted by Gasteiger charge is -2.11. The van der Waals surface area contributed by atoms with Crippen molar-refractivity contribution in [2.75, 3.05) is 0 Å². The van der Waals surface area contributed by atoms with Crippen molar-refractivity contribution in [3.63, 3.8) is 0 Å². The molecule has 0 amide bonds. The smallest absolute Gasteiger partial charge is 0.0795 e. The van der Waals surface area contributed by atoms with Crippen LogP contribution in [0, 0.1) is 0 Å². The van der Waals surface area contributed by atoms with E-state index in [1.165, 1.54) is 5.56 Å². The molecule has 0 saturated heterocycles. The first-order valence-electron chi connectivity index (χ1n) is 5.59. The molecule has 1 aromatic carbocycles. The van der Waals surface area contributed by atoms with Crippen molar-refractivity contribution in [3.8, 4) is 0 Å². The van der Waals surface area contributed by atoms with Crippen molar-refractivity contribution in [1.29, 1.82) is 0 Å². The van der Waals surface area contributed by atoms with Crippen LogP contribution in [-0.4, -0.2) is 10.1 Å². The highest BCUT2D eigenvalue weighted by Gasteiger charge is 2.06. The molecular formula is C13H16N2OS. The van der Waals surface area contributed by atoms with Gasteiger partial charge in [-0.15, -0.1) is 11.3 Å². The van der Waals surface area contributed by atoms with E-state index in [2.05, 4.69) is 22.6 Å². The lowest BCUT2D eigenvalue weighted by Crippen LogP contribution is -2.18. The third-order valence-corrected chi connectivity index (χ3v) is 3.32. The fourth-order valence-corrected chi connectivity index (χ4v) is 2.22. The van der Waals surface area contributed by atoms with Crippen LogP contribution in [0.15, 0.2) is 35.2 Å². The van der Waals surface area contributed by atoms with Gasteiger partial charge in [0.2, 0.25) is 0 Å². The molecular weight excluding hydrogens is 232 g/mol. The van der Waals surface area contributed by atoms with Crippen LogP contribution in [0.4, 0.5) is 0 Å². The molecule has 0 aliphatic rings. The van der Waals surface area contributed by atoms with Gasteiger partial charge in [-0.1, -0.05) is 24.3 Å². The van der Waals surface area contributed by atoms with Crippen molar-refractivity contribution in [2.45, 2.75) is 26.1 Å². The average Bonchev–Trinajstić information content (AvgIpc) is 2.90. The maximum absolute atomic E-state index is 8.95. The summed E-state index contributed by atoms with van der Waals surface area (Å²) >= 11 is 1.62. The highest BCUT2D eigenvalue weighted by atomic mass is 32.1. The molecule has 0 bridgehead atoms. The highest BCUT2D eigenvalue weighted by molar-refractivity contribution is 7.07. The number of benzene rings is 1. The van der Waals surface area contributed by atoms with Gasteiger partial charge in [-0.3, -0.25) is 0 Å². The molecule has 2 rings (SSSR count). The van der Waals surface area contributed by atoms with Crippen LogP contribution in [0.2, 0.25) is 0 Å². The predicted molar refractivity (Wildman–Crippen MR) is 69.7 cm³/mol. The Morgan fingerprint density at radius 2 is 2.00 bits per heavy atom. The van der Waals surface area contributed by atoms with E-state index < -0.39 is 0 Å². The summed E-state index contributed by atoms with van der Waals surface area (Å²) in [4.78, 5) is 4.28. The Balaban J connectivity index is 1.89. The molecule has 2 N–H and O–H groups in total. The number of hydrogen-bond acceptors (Lipinski definition) is 4. The second kappa shape index (κ2) is 5.91. The summed E-state index contributed by atoms with van der Waals surface area (Å²) in [5.74, 6) is 0. The second-order valence-corrected chi connectivity index (χ2v) is 4.71. The standard InChI is InChI=1S/C13H16N2OS/c1-10(13-8-17-9-15-13)14-6-11-2-4-12(7-16)5-3-11/h2-5,8-10,14,16H,6-7H2,1H3. The quantitative estimate of drug-likeness (QED) is 0.854. The van der Waals surface area contributed by atoms with Crippen molar-refractivity contribution in [3.05, 3.63) is 52.0 Å². The van der Waals surface area contributed by atoms with Crippen molar-refractivity contribution >= 4 is 11.3 Å². The van der Waals surface area contributed by atoms with Crippen LogP contribution >= 0.6 is 11.3 Å². The number of rotatable bonds is 5. The van der Waals surface area contributed by atoms with Gasteiger partial charge in [0.05, 0.1) is 17.8 Å². The number of nitrogens with zero attached hydrogens (tertiary/aromatic N) is 1. The van der Waals surface area contributed by atoms with Gasteiger partial charge in [-0.25, -0.2) is 4.98 Å². The molecule has 0 radical (unpaired) electrons. The molecule has 1 atom stereocenters. The van der Waals surface area contributed by atoms with E-state index in [1.807, 2.05) is 29.8 Å². The Morgan fingerprint density at radius 1 is 1.29 bits per heavy atom. The molecule has 1 aromatic heterocycles. The van der Waals surface area contributed by atoms with E-state index in [-0.39, 0.29) is 12.6 Å². The Hall–Kier alpha value is -1.23. The third kappa shape index (κ3) is 3.36. The largest absolute Gasteiger partial charge is 0.392 e. The number of thiazole rings is 1. The summed E-state index contributed by atoms with van der Waals surface area (Å²) in [6.07, 6.45) is 0. The van der Waals surface area contributed by atoms with Crippen LogP contribution < -0.4 is 5.32 Å². The highest BCUT2D eigenvalue weighted by Crippen LogP contribution is 2.13. The minimum Gasteiger partial charge on any atom is -0.392 e. The first-order valence-corrected chi connectivity index (χ1v) is 6.54. The molecule has 17 heavy (non-hydrogen) atoms. The molecule has 0 fully saturated rings. The van der Waals surface area contributed by atoms with Crippen LogP contribution in [0.5, 0.6) is 0 Å². The van der Waals surface area contributed by atoms with Gasteiger partial charge in [0.25, 0.3) is 0 Å². The minimum absolute atomic E-state index is 0.100. The molecule has 0 aliphatic carbocycles. The van der Waals surface area contributed by atoms with Gasteiger partial charge < -0.3 is 10.4 Å². The summed E-state index contributed by atoms with van der Waals surface area (Å²) < 4.78 is 0. The first-order chi connectivity index (χ1) is 8.29. The van der Waals surface area contributed by atoms with Crippen LogP contribution in [0.3, 0.4) is 0 Å². The van der Waals surface area contributed by atoms with Gasteiger partial charge in [0.1, 0.15) is 0 Å². The monoisotopic (exact) mass is 248 g/mol. The number of aliphatic hydroxyl groups is 1. The predicted octanol–water partition coefficient (Wildman–Crippen LogP) is 2.49. The molecule has 0 aliphatic heterocycles. The minimum atomic E-state index is 0.100. The number of nitrogens with one attached hydrogen (secondary N) is 1. The summed E-state index contributed by atoms with van der Waals surface area (Å²) in [7, 11) is 0. The van der Waals surface area contributed by atoms with E-state index in [0.29, 0.717) is 0 Å². The van der Waals surface area contributed by atoms with Gasteiger partial charge in [-0.05, 0) is 18.1 Å². The molecule has 90 valence electrons. The summed E-state index contributed by atoms with van der Waals surface area (Å²) in [6.45, 7) is 3.02. The molecule has 0 spiro atoms. The van der Waals surface area contributed by atoms with Crippen LogP contribution in [0.1, 0.15) is 29.8 Å². The maximum Gasteiger partial charge on any atom is 0.0795 e. The third-order valence-electron chi connectivity index (χ3n) is 2.71. The topological polar surface area (TPSA) is 45.1 Å².